The average Bonchev–Trinajstić information content (AvgIpc) is 2.66. The maximum Gasteiger partial charge on any atom is 0.320 e. The second-order valence-corrected chi connectivity index (χ2v) is 7.26. The largest absolute Gasteiger partial charge is 0.468 e. The van der Waals surface area contributed by atoms with Crippen LogP contribution in [-0.2, 0) is 26.1 Å². The van der Waals surface area contributed by atoms with Crippen molar-refractivity contribution < 1.29 is 22.7 Å². The van der Waals surface area contributed by atoms with E-state index >= 15 is 0 Å². The Labute approximate surface area is 160 Å². The molecule has 12 heteroatoms. The van der Waals surface area contributed by atoms with Gasteiger partial charge in [0.2, 0.25) is 10.0 Å². The number of ether oxygens (including phenoxy) is 1. The monoisotopic (exact) mass is 413 g/mol. The summed E-state index contributed by atoms with van der Waals surface area (Å²) in [6.07, 6.45) is 1.14. The molecule has 27 heavy (non-hydrogen) atoms. The molecule has 0 aliphatic rings. The summed E-state index contributed by atoms with van der Waals surface area (Å²) in [6, 6.07) is 5.23. The van der Waals surface area contributed by atoms with Crippen molar-refractivity contribution >= 4 is 39.2 Å². The van der Waals surface area contributed by atoms with E-state index < -0.39 is 28.4 Å². The van der Waals surface area contributed by atoms with Gasteiger partial charge >= 0.3 is 5.97 Å². The van der Waals surface area contributed by atoms with Crippen LogP contribution in [0.5, 0.6) is 0 Å². The van der Waals surface area contributed by atoms with Crippen LogP contribution in [-0.4, -0.2) is 43.9 Å². The molecule has 2 aromatic rings. The van der Waals surface area contributed by atoms with Gasteiger partial charge in [-0.1, -0.05) is 11.6 Å². The van der Waals surface area contributed by atoms with E-state index in [1.54, 1.807) is 0 Å². The number of nitrogens with two attached hydrogens (primary N) is 1. The zero-order valence-electron chi connectivity index (χ0n) is 14.1. The van der Waals surface area contributed by atoms with Crippen molar-refractivity contribution in [1.29, 1.82) is 0 Å². The lowest BCUT2D eigenvalue weighted by atomic mass is 10.1. The lowest BCUT2D eigenvalue weighted by molar-refractivity contribution is -0.139. The third-order valence-electron chi connectivity index (χ3n) is 3.36. The van der Waals surface area contributed by atoms with Crippen LogP contribution in [0.15, 0.2) is 35.5 Å². The number of amides is 1. The van der Waals surface area contributed by atoms with E-state index in [9.17, 15) is 18.0 Å². The molecular formula is C15H16ClN5O5S. The number of anilines is 1. The zero-order chi connectivity index (χ0) is 20.0. The summed E-state index contributed by atoms with van der Waals surface area (Å²) < 4.78 is 31.0. The highest BCUT2D eigenvalue weighted by atomic mass is 35.5. The fourth-order valence-electron chi connectivity index (χ4n) is 1.98. The second kappa shape index (κ2) is 8.86. The molecule has 0 bridgehead atoms. The number of esters is 1. The highest BCUT2D eigenvalue weighted by molar-refractivity contribution is 7.89. The predicted octanol–water partition coefficient (Wildman–Crippen LogP) is 0.292. The topological polar surface area (TPSA) is 153 Å². The van der Waals surface area contributed by atoms with Crippen LogP contribution in [0.1, 0.15) is 16.1 Å². The van der Waals surface area contributed by atoms with Gasteiger partial charge < -0.3 is 15.8 Å². The number of rotatable bonds is 7. The Morgan fingerprint density at radius 1 is 1.26 bits per heavy atom. The SMILES string of the molecule is COC(=O)CNS(=O)(=O)c1ccc(NC(=O)c2cc(Cl)ncn2)c(CN)c1. The first-order valence-electron chi connectivity index (χ1n) is 7.45. The summed E-state index contributed by atoms with van der Waals surface area (Å²) in [6.45, 7) is -0.551. The normalized spacial score (nSPS) is 11.1. The predicted molar refractivity (Wildman–Crippen MR) is 96.5 cm³/mol. The number of hydrogen-bond donors (Lipinski definition) is 3. The molecule has 1 heterocycles. The fourth-order valence-corrected chi connectivity index (χ4v) is 3.15. The Kier molecular flexibility index (Phi) is 6.80. The molecule has 1 aromatic heterocycles. The Morgan fingerprint density at radius 2 is 2.00 bits per heavy atom. The van der Waals surface area contributed by atoms with Crippen LogP contribution in [0.4, 0.5) is 5.69 Å². The molecule has 10 nitrogen and oxygen atoms in total. The number of aromatic nitrogens is 2. The van der Waals surface area contributed by atoms with Gasteiger partial charge in [-0.3, -0.25) is 9.59 Å². The summed E-state index contributed by atoms with van der Waals surface area (Å²) in [5.74, 6) is -1.29. The van der Waals surface area contributed by atoms with Crippen molar-refractivity contribution in [2.45, 2.75) is 11.4 Å². The van der Waals surface area contributed by atoms with Crippen molar-refractivity contribution in [2.75, 3.05) is 19.0 Å². The lowest BCUT2D eigenvalue weighted by Gasteiger charge is -2.12. The average molecular weight is 414 g/mol. The zero-order valence-corrected chi connectivity index (χ0v) is 15.7. The number of carbonyl (C=O) groups excluding carboxylic acids is 2. The van der Waals surface area contributed by atoms with E-state index in [0.717, 1.165) is 13.4 Å². The van der Waals surface area contributed by atoms with Crippen molar-refractivity contribution in [3.63, 3.8) is 0 Å². The van der Waals surface area contributed by atoms with Crippen LogP contribution in [0.3, 0.4) is 0 Å². The Hall–Kier alpha value is -2.60. The first kappa shape index (κ1) is 20.7. The van der Waals surface area contributed by atoms with Gasteiger partial charge in [-0.15, -0.1) is 0 Å². The van der Waals surface area contributed by atoms with Gasteiger partial charge in [0, 0.05) is 18.3 Å². The van der Waals surface area contributed by atoms with Crippen molar-refractivity contribution in [3.05, 3.63) is 47.0 Å². The maximum atomic E-state index is 12.2. The van der Waals surface area contributed by atoms with Crippen molar-refractivity contribution in [2.24, 2.45) is 5.73 Å². The third kappa shape index (κ3) is 5.44. The molecule has 1 aromatic carbocycles. The number of carbonyl (C=O) groups is 2. The summed E-state index contributed by atoms with van der Waals surface area (Å²) in [5.41, 5.74) is 6.37. The molecule has 144 valence electrons. The summed E-state index contributed by atoms with van der Waals surface area (Å²) in [5, 5.41) is 2.69. The Morgan fingerprint density at radius 3 is 2.63 bits per heavy atom. The number of sulfonamides is 1. The third-order valence-corrected chi connectivity index (χ3v) is 4.96. The van der Waals surface area contributed by atoms with Gasteiger partial charge in [0.05, 0.1) is 12.0 Å². The van der Waals surface area contributed by atoms with Gasteiger partial charge in [0.25, 0.3) is 5.91 Å². The van der Waals surface area contributed by atoms with Crippen LogP contribution >= 0.6 is 11.6 Å². The Balaban J connectivity index is 2.23. The molecule has 0 unspecified atom stereocenters. The maximum absolute atomic E-state index is 12.2. The van der Waals surface area contributed by atoms with Crippen LogP contribution < -0.4 is 15.8 Å². The molecule has 0 fully saturated rings. The first-order chi connectivity index (χ1) is 12.8. The number of halogens is 1. The van der Waals surface area contributed by atoms with E-state index in [2.05, 4.69) is 24.7 Å². The summed E-state index contributed by atoms with van der Waals surface area (Å²) >= 11 is 5.73. The molecule has 0 saturated carbocycles. The summed E-state index contributed by atoms with van der Waals surface area (Å²) in [4.78, 5) is 30.7. The molecule has 4 N–H and O–H groups in total. The summed E-state index contributed by atoms with van der Waals surface area (Å²) in [7, 11) is -2.81. The molecule has 1 amide bonds. The second-order valence-electron chi connectivity index (χ2n) is 5.10. The minimum Gasteiger partial charge on any atom is -0.468 e. The number of nitrogens with zero attached hydrogens (tertiary/aromatic N) is 2. The molecule has 0 spiro atoms. The quantitative estimate of drug-likeness (QED) is 0.432. The Bertz CT molecular complexity index is 967. The molecule has 0 aliphatic carbocycles. The van der Waals surface area contributed by atoms with Crippen molar-refractivity contribution in [1.82, 2.24) is 14.7 Å². The highest BCUT2D eigenvalue weighted by Gasteiger charge is 2.18. The van der Waals surface area contributed by atoms with Gasteiger partial charge in [0.1, 0.15) is 23.7 Å². The van der Waals surface area contributed by atoms with E-state index in [1.165, 1.54) is 24.3 Å². The standard InChI is InChI=1S/C15H16ClN5O5S/c1-26-14(22)7-20-27(24,25)10-2-3-11(9(4-10)6-17)21-15(23)12-5-13(16)19-8-18-12/h2-5,8,20H,6-7,17H2,1H3,(H,21,23). The van der Waals surface area contributed by atoms with Gasteiger partial charge in [-0.2, -0.15) is 4.72 Å². The number of nitrogens with one attached hydrogen (secondary N) is 2. The molecule has 0 atom stereocenters. The van der Waals surface area contributed by atoms with E-state index in [1.807, 2.05) is 0 Å². The number of benzene rings is 1. The lowest BCUT2D eigenvalue weighted by Crippen LogP contribution is -2.30. The minimum absolute atomic E-state index is 0.0365. The molecule has 2 rings (SSSR count). The van der Waals surface area contributed by atoms with Gasteiger partial charge in [-0.05, 0) is 23.8 Å². The fraction of sp³-hybridized carbons (Fsp3) is 0.200. The van der Waals surface area contributed by atoms with Gasteiger partial charge in [-0.25, -0.2) is 18.4 Å². The molecular weight excluding hydrogens is 398 g/mol. The van der Waals surface area contributed by atoms with E-state index in [-0.39, 0.29) is 22.3 Å². The highest BCUT2D eigenvalue weighted by Crippen LogP contribution is 2.21. The smallest absolute Gasteiger partial charge is 0.320 e. The minimum atomic E-state index is -3.96. The van der Waals surface area contributed by atoms with Crippen molar-refractivity contribution in [3.8, 4) is 0 Å². The van der Waals surface area contributed by atoms with E-state index in [0.29, 0.717) is 11.3 Å². The van der Waals surface area contributed by atoms with Crippen LogP contribution in [0.25, 0.3) is 0 Å². The van der Waals surface area contributed by atoms with E-state index in [4.69, 9.17) is 17.3 Å². The van der Waals surface area contributed by atoms with Crippen LogP contribution in [0, 0.1) is 0 Å². The number of hydrogen-bond acceptors (Lipinski definition) is 8. The molecule has 0 aliphatic heterocycles. The first-order valence-corrected chi connectivity index (χ1v) is 9.31. The van der Waals surface area contributed by atoms with Crippen LogP contribution in [0.2, 0.25) is 5.15 Å². The molecule has 0 saturated heterocycles. The van der Waals surface area contributed by atoms with Gasteiger partial charge in [0.15, 0.2) is 0 Å². The number of methoxy groups -OCH3 is 1. The molecule has 0 radical (unpaired) electrons.